The molecule has 1 aliphatic heterocycles. The molecule has 1 amide bonds. The van der Waals surface area contributed by atoms with E-state index in [9.17, 15) is 4.79 Å². The number of aromatic nitrogens is 2. The molecule has 7 nitrogen and oxygen atoms in total. The molecule has 1 aromatic carbocycles. The Bertz CT molecular complexity index is 1040. The van der Waals surface area contributed by atoms with Crippen LogP contribution >= 0.6 is 11.3 Å². The molecule has 3 heterocycles. The van der Waals surface area contributed by atoms with Crippen LogP contribution in [0.3, 0.4) is 0 Å². The molecule has 0 bridgehead atoms. The summed E-state index contributed by atoms with van der Waals surface area (Å²) in [5.74, 6) is 1.61. The Morgan fingerprint density at radius 1 is 1.13 bits per heavy atom. The molecule has 1 fully saturated rings. The van der Waals surface area contributed by atoms with Crippen LogP contribution < -0.4 is 15.0 Å². The molecule has 8 heteroatoms. The zero-order chi connectivity index (χ0) is 21.8. The summed E-state index contributed by atoms with van der Waals surface area (Å²) in [5, 5.41) is 3.99. The van der Waals surface area contributed by atoms with E-state index >= 15 is 0 Å². The van der Waals surface area contributed by atoms with Crippen molar-refractivity contribution >= 4 is 39.0 Å². The van der Waals surface area contributed by atoms with E-state index in [-0.39, 0.29) is 5.91 Å². The molecule has 4 rings (SSSR count). The summed E-state index contributed by atoms with van der Waals surface area (Å²) in [7, 11) is 0. The SMILES string of the molecule is CCCN1CCN(c2ncnc3sc(C(=O)Nc4ccc(OCC)cc4)c(C)c23)CC1. The van der Waals surface area contributed by atoms with E-state index in [2.05, 4.69) is 32.0 Å². The number of hydrogen-bond acceptors (Lipinski definition) is 7. The molecule has 31 heavy (non-hydrogen) atoms. The molecule has 0 aliphatic carbocycles. The third kappa shape index (κ3) is 4.65. The fourth-order valence-electron chi connectivity index (χ4n) is 4.00. The number of fused-ring (bicyclic) bond motifs is 1. The summed E-state index contributed by atoms with van der Waals surface area (Å²) in [6, 6.07) is 7.43. The third-order valence-electron chi connectivity index (χ3n) is 5.55. The first-order valence-electron chi connectivity index (χ1n) is 10.9. The maximum Gasteiger partial charge on any atom is 0.266 e. The number of thiophene rings is 1. The molecule has 0 atom stereocenters. The quantitative estimate of drug-likeness (QED) is 0.595. The van der Waals surface area contributed by atoms with Gasteiger partial charge in [-0.2, -0.15) is 0 Å². The van der Waals surface area contributed by atoms with Gasteiger partial charge in [0.25, 0.3) is 5.91 Å². The van der Waals surface area contributed by atoms with Crippen molar-refractivity contribution in [3.05, 3.63) is 41.0 Å². The molecular weight excluding hydrogens is 410 g/mol. The van der Waals surface area contributed by atoms with Crippen molar-refractivity contribution in [3.8, 4) is 5.75 Å². The van der Waals surface area contributed by atoms with Crippen LogP contribution in [0, 0.1) is 6.92 Å². The van der Waals surface area contributed by atoms with Gasteiger partial charge in [-0.25, -0.2) is 9.97 Å². The van der Waals surface area contributed by atoms with E-state index in [1.54, 1.807) is 6.33 Å². The molecule has 0 spiro atoms. The van der Waals surface area contributed by atoms with Crippen LogP contribution in [0.15, 0.2) is 30.6 Å². The monoisotopic (exact) mass is 439 g/mol. The zero-order valence-electron chi connectivity index (χ0n) is 18.4. The molecule has 0 saturated carbocycles. The number of piperazine rings is 1. The van der Waals surface area contributed by atoms with Crippen LogP contribution in [-0.4, -0.2) is 60.1 Å². The van der Waals surface area contributed by atoms with Crippen LogP contribution in [0.5, 0.6) is 5.75 Å². The molecule has 1 aliphatic rings. The zero-order valence-corrected chi connectivity index (χ0v) is 19.2. The van der Waals surface area contributed by atoms with E-state index in [4.69, 9.17) is 4.74 Å². The molecule has 1 N–H and O–H groups in total. The van der Waals surface area contributed by atoms with Gasteiger partial charge in [0.1, 0.15) is 22.7 Å². The normalized spacial score (nSPS) is 14.7. The average molecular weight is 440 g/mol. The summed E-state index contributed by atoms with van der Waals surface area (Å²) in [6.45, 7) is 11.9. The van der Waals surface area contributed by atoms with Gasteiger partial charge >= 0.3 is 0 Å². The van der Waals surface area contributed by atoms with Crippen molar-refractivity contribution < 1.29 is 9.53 Å². The van der Waals surface area contributed by atoms with Crippen LogP contribution in [0.25, 0.3) is 10.2 Å². The summed E-state index contributed by atoms with van der Waals surface area (Å²) in [4.78, 5) is 28.4. The number of amides is 1. The highest BCUT2D eigenvalue weighted by Gasteiger charge is 2.24. The number of rotatable bonds is 7. The van der Waals surface area contributed by atoms with Gasteiger partial charge < -0.3 is 15.0 Å². The lowest BCUT2D eigenvalue weighted by atomic mass is 10.1. The predicted octanol–water partition coefficient (Wildman–Crippen LogP) is 4.18. The van der Waals surface area contributed by atoms with E-state index in [1.807, 2.05) is 38.1 Å². The molecular formula is C23H29N5O2S. The lowest BCUT2D eigenvalue weighted by molar-refractivity contribution is 0.103. The minimum absolute atomic E-state index is 0.122. The number of ether oxygens (including phenoxy) is 1. The van der Waals surface area contributed by atoms with Crippen molar-refractivity contribution in [1.82, 2.24) is 14.9 Å². The Morgan fingerprint density at radius 2 is 1.87 bits per heavy atom. The van der Waals surface area contributed by atoms with E-state index in [0.29, 0.717) is 11.5 Å². The Kier molecular flexibility index (Phi) is 6.67. The second-order valence-corrected chi connectivity index (χ2v) is 8.67. The first-order chi connectivity index (χ1) is 15.1. The smallest absolute Gasteiger partial charge is 0.266 e. The van der Waals surface area contributed by atoms with Gasteiger partial charge in [0.15, 0.2) is 0 Å². The van der Waals surface area contributed by atoms with Gasteiger partial charge in [-0.15, -0.1) is 11.3 Å². The van der Waals surface area contributed by atoms with Gasteiger partial charge in [0, 0.05) is 31.9 Å². The highest BCUT2D eigenvalue weighted by atomic mass is 32.1. The van der Waals surface area contributed by atoms with Crippen LogP contribution in [-0.2, 0) is 0 Å². The minimum atomic E-state index is -0.122. The highest BCUT2D eigenvalue weighted by molar-refractivity contribution is 7.20. The van der Waals surface area contributed by atoms with Gasteiger partial charge in [-0.1, -0.05) is 6.92 Å². The molecule has 164 valence electrons. The second-order valence-electron chi connectivity index (χ2n) is 7.67. The van der Waals surface area contributed by atoms with Crippen molar-refractivity contribution in [2.75, 3.05) is 49.5 Å². The standard InChI is InChI=1S/C23H29N5O2S/c1-4-10-27-11-13-28(14-12-27)21-19-16(3)20(31-23(19)25-15-24-21)22(29)26-17-6-8-18(9-7-17)30-5-2/h6-9,15H,4-5,10-14H2,1-3H3,(H,26,29). The molecule has 2 aromatic heterocycles. The van der Waals surface area contributed by atoms with Gasteiger partial charge in [-0.05, 0) is 56.6 Å². The molecule has 1 saturated heterocycles. The van der Waals surface area contributed by atoms with Gasteiger partial charge in [-0.3, -0.25) is 9.69 Å². The summed E-state index contributed by atoms with van der Waals surface area (Å²) >= 11 is 1.42. The average Bonchev–Trinajstić information content (AvgIpc) is 3.13. The topological polar surface area (TPSA) is 70.6 Å². The van der Waals surface area contributed by atoms with Gasteiger partial charge in [0.05, 0.1) is 16.9 Å². The number of carbonyl (C=O) groups excluding carboxylic acids is 1. The maximum absolute atomic E-state index is 13.0. The number of nitrogens with one attached hydrogen (secondary N) is 1. The number of aryl methyl sites for hydroxylation is 1. The summed E-state index contributed by atoms with van der Waals surface area (Å²) in [5.41, 5.74) is 1.68. The fraction of sp³-hybridized carbons (Fsp3) is 0.435. The van der Waals surface area contributed by atoms with Crippen molar-refractivity contribution in [3.63, 3.8) is 0 Å². The highest BCUT2D eigenvalue weighted by Crippen LogP contribution is 2.35. The Morgan fingerprint density at radius 3 is 2.55 bits per heavy atom. The van der Waals surface area contributed by atoms with Crippen LogP contribution in [0.4, 0.5) is 11.5 Å². The minimum Gasteiger partial charge on any atom is -0.494 e. The predicted molar refractivity (Wildman–Crippen MR) is 127 cm³/mol. The molecule has 3 aromatic rings. The molecule has 0 radical (unpaired) electrons. The first kappa shape index (κ1) is 21.5. The number of benzene rings is 1. The number of anilines is 2. The van der Waals surface area contributed by atoms with E-state index in [0.717, 1.165) is 65.8 Å². The maximum atomic E-state index is 13.0. The largest absolute Gasteiger partial charge is 0.494 e. The first-order valence-corrected chi connectivity index (χ1v) is 11.7. The van der Waals surface area contributed by atoms with Crippen molar-refractivity contribution in [1.29, 1.82) is 0 Å². The van der Waals surface area contributed by atoms with E-state index in [1.165, 1.54) is 17.8 Å². The van der Waals surface area contributed by atoms with Gasteiger partial charge in [0.2, 0.25) is 0 Å². The van der Waals surface area contributed by atoms with Crippen LogP contribution in [0.2, 0.25) is 0 Å². The van der Waals surface area contributed by atoms with Crippen LogP contribution in [0.1, 0.15) is 35.5 Å². The fourth-order valence-corrected chi connectivity index (χ4v) is 5.04. The van der Waals surface area contributed by atoms with E-state index < -0.39 is 0 Å². The summed E-state index contributed by atoms with van der Waals surface area (Å²) < 4.78 is 5.47. The number of nitrogens with zero attached hydrogens (tertiary/aromatic N) is 4. The number of hydrogen-bond donors (Lipinski definition) is 1. The lowest BCUT2D eigenvalue weighted by Gasteiger charge is -2.35. The lowest BCUT2D eigenvalue weighted by Crippen LogP contribution is -2.46. The molecule has 0 unspecified atom stereocenters. The third-order valence-corrected chi connectivity index (χ3v) is 6.75. The van der Waals surface area contributed by atoms with Crippen molar-refractivity contribution in [2.24, 2.45) is 0 Å². The number of carbonyl (C=O) groups is 1. The Labute approximate surface area is 187 Å². The summed E-state index contributed by atoms with van der Waals surface area (Å²) in [6.07, 6.45) is 2.79. The Hall–Kier alpha value is -2.71. The second kappa shape index (κ2) is 9.62. The Balaban J connectivity index is 1.55. The van der Waals surface area contributed by atoms with Crippen molar-refractivity contribution in [2.45, 2.75) is 27.2 Å².